The molecule has 4 heterocycles. The zero-order valence-corrected chi connectivity index (χ0v) is 21.1. The van der Waals surface area contributed by atoms with Crippen molar-refractivity contribution in [3.8, 4) is 0 Å². The van der Waals surface area contributed by atoms with Gasteiger partial charge >= 0.3 is 0 Å². The van der Waals surface area contributed by atoms with E-state index in [9.17, 15) is 24.3 Å². The van der Waals surface area contributed by atoms with Crippen LogP contribution in [0.4, 0.5) is 5.13 Å². The third-order valence-electron chi connectivity index (χ3n) is 5.70. The van der Waals surface area contributed by atoms with Crippen molar-refractivity contribution in [2.45, 2.75) is 44.1 Å². The number of unbranched alkanes of at least 4 members (excludes halogenated alkanes) is 1. The summed E-state index contributed by atoms with van der Waals surface area (Å²) in [5.74, 6) is -2.01. The second kappa shape index (κ2) is 11.0. The van der Waals surface area contributed by atoms with Gasteiger partial charge in [-0.1, -0.05) is 13.3 Å². The summed E-state index contributed by atoms with van der Waals surface area (Å²) < 4.78 is 5.68. The standard InChI is InChI=1S/C22H25N7O5S2/c1-2-3-6-24-18(31)12-4-7-28(8-5-12)10-13-11-35-20-16(19(32)29(20)17(13)21(33)34)26-15(30)9-14-25-22(23)36-27-14/h4-5,7-8,16,20H,2-3,6,9-11H2,1H3,(H4-,23,24,25,26,27,30,31,33,34)/t16?,20-/m0/s1. The molecule has 0 aliphatic carbocycles. The zero-order valence-electron chi connectivity index (χ0n) is 19.4. The molecule has 4 N–H and O–H groups in total. The predicted octanol–water partition coefficient (Wildman–Crippen LogP) is -1.42. The molecule has 2 aliphatic rings. The van der Waals surface area contributed by atoms with Crippen LogP contribution in [-0.2, 0) is 27.3 Å². The highest BCUT2D eigenvalue weighted by molar-refractivity contribution is 8.00. The average Bonchev–Trinajstić information content (AvgIpc) is 3.26. The lowest BCUT2D eigenvalue weighted by Gasteiger charge is -2.50. The fourth-order valence-electron chi connectivity index (χ4n) is 3.92. The van der Waals surface area contributed by atoms with E-state index < -0.39 is 29.2 Å². The van der Waals surface area contributed by atoms with Gasteiger partial charge in [0.25, 0.3) is 11.8 Å². The first-order chi connectivity index (χ1) is 17.3. The number of rotatable bonds is 10. The van der Waals surface area contributed by atoms with Crippen LogP contribution >= 0.6 is 23.3 Å². The van der Waals surface area contributed by atoms with Crippen molar-refractivity contribution >= 4 is 52.1 Å². The summed E-state index contributed by atoms with van der Waals surface area (Å²) in [6.07, 6.45) is 5.12. The molecule has 0 saturated carbocycles. The number of nitrogens with zero attached hydrogens (tertiary/aromatic N) is 4. The van der Waals surface area contributed by atoms with Crippen molar-refractivity contribution in [1.82, 2.24) is 24.9 Å². The van der Waals surface area contributed by atoms with Crippen LogP contribution in [0.3, 0.4) is 0 Å². The number of carboxylic acid groups (broad SMARTS) is 1. The van der Waals surface area contributed by atoms with Gasteiger partial charge < -0.3 is 26.3 Å². The number of nitrogens with one attached hydrogen (secondary N) is 2. The number of amides is 3. The molecular formula is C22H25N7O5S2. The van der Waals surface area contributed by atoms with Gasteiger partial charge in [0.1, 0.15) is 11.4 Å². The lowest BCUT2D eigenvalue weighted by atomic mass is 10.0. The third kappa shape index (κ3) is 5.49. The number of fused-ring (bicyclic) bond motifs is 1. The number of nitrogen functional groups attached to an aromatic ring is 1. The van der Waals surface area contributed by atoms with E-state index in [1.165, 1.54) is 16.7 Å². The van der Waals surface area contributed by atoms with Crippen molar-refractivity contribution in [3.05, 3.63) is 47.2 Å². The van der Waals surface area contributed by atoms with Crippen LogP contribution in [0.2, 0.25) is 0 Å². The summed E-state index contributed by atoms with van der Waals surface area (Å²) >= 11 is 2.33. The Morgan fingerprint density at radius 1 is 1.31 bits per heavy atom. The molecule has 0 spiro atoms. The van der Waals surface area contributed by atoms with Gasteiger partial charge in [0.15, 0.2) is 29.9 Å². The summed E-state index contributed by atoms with van der Waals surface area (Å²) in [6, 6.07) is 2.46. The minimum absolute atomic E-state index is 0.132. The molecule has 1 fully saturated rings. The van der Waals surface area contributed by atoms with Crippen LogP contribution < -0.4 is 26.0 Å². The molecule has 12 nitrogen and oxygen atoms in total. The SMILES string of the molecule is CCCCNC(=O)c1cc[n+](CC2=C(C(=O)[O-])N3C(=O)C(NC(=O)Cc4nsc(N)n4)[C@@H]3SC2)cc1. The largest absolute Gasteiger partial charge is 0.543 e. The van der Waals surface area contributed by atoms with Gasteiger partial charge in [0.05, 0.1) is 23.7 Å². The highest BCUT2D eigenvalue weighted by atomic mass is 32.2. The Morgan fingerprint density at radius 2 is 2.06 bits per heavy atom. The molecule has 2 aliphatic heterocycles. The third-order valence-corrected chi connectivity index (χ3v) is 7.62. The Hall–Kier alpha value is -3.52. The first kappa shape index (κ1) is 25.6. The fraction of sp³-hybridized carbons (Fsp3) is 0.409. The number of thioether (sulfide) groups is 1. The molecule has 3 amide bonds. The van der Waals surface area contributed by atoms with Gasteiger partial charge in [-0.3, -0.25) is 19.3 Å². The number of pyridine rings is 1. The van der Waals surface area contributed by atoms with Gasteiger partial charge in [-0.15, -0.1) is 11.8 Å². The quantitative estimate of drug-likeness (QED) is 0.189. The number of β-lactam (4-membered cyclic amide) rings is 1. The Morgan fingerprint density at radius 3 is 2.69 bits per heavy atom. The average molecular weight is 532 g/mol. The number of aromatic nitrogens is 3. The molecule has 0 bridgehead atoms. The molecule has 36 heavy (non-hydrogen) atoms. The number of aliphatic carboxylic acids is 1. The minimum Gasteiger partial charge on any atom is -0.543 e. The molecule has 1 saturated heterocycles. The van der Waals surface area contributed by atoms with Crippen molar-refractivity contribution in [2.24, 2.45) is 0 Å². The summed E-state index contributed by atoms with van der Waals surface area (Å²) in [5.41, 5.74) is 6.34. The molecule has 4 rings (SSSR count). The fourth-order valence-corrected chi connectivity index (χ4v) is 5.70. The van der Waals surface area contributed by atoms with Gasteiger partial charge in [-0.05, 0) is 6.42 Å². The summed E-state index contributed by atoms with van der Waals surface area (Å²) in [4.78, 5) is 54.4. The number of carbonyl (C=O) groups is 4. The maximum absolute atomic E-state index is 12.8. The van der Waals surface area contributed by atoms with Crippen molar-refractivity contribution in [3.63, 3.8) is 0 Å². The minimum atomic E-state index is -1.46. The second-order valence-corrected chi connectivity index (χ2v) is 10.2. The number of carboxylic acids is 1. The Labute approximate surface area is 215 Å². The molecule has 2 aromatic rings. The second-order valence-electron chi connectivity index (χ2n) is 8.29. The molecule has 2 aromatic heterocycles. The highest BCUT2D eigenvalue weighted by Gasteiger charge is 2.53. The number of nitrogens with two attached hydrogens (primary N) is 1. The van der Waals surface area contributed by atoms with Crippen LogP contribution in [0.15, 0.2) is 35.8 Å². The maximum atomic E-state index is 12.8. The smallest absolute Gasteiger partial charge is 0.253 e. The van der Waals surface area contributed by atoms with Crippen molar-refractivity contribution < 1.29 is 28.9 Å². The van der Waals surface area contributed by atoms with Crippen LogP contribution in [-0.4, -0.2) is 61.7 Å². The molecule has 190 valence electrons. The first-order valence-electron chi connectivity index (χ1n) is 11.3. The van der Waals surface area contributed by atoms with E-state index in [2.05, 4.69) is 20.0 Å². The van der Waals surface area contributed by atoms with Gasteiger partial charge in [0.2, 0.25) is 5.91 Å². The highest BCUT2D eigenvalue weighted by Crippen LogP contribution is 2.40. The predicted molar refractivity (Wildman–Crippen MR) is 129 cm³/mol. The summed E-state index contributed by atoms with van der Waals surface area (Å²) in [5, 5.41) is 17.2. The van der Waals surface area contributed by atoms with E-state index in [0.717, 1.165) is 24.4 Å². The van der Waals surface area contributed by atoms with Gasteiger partial charge in [-0.25, -0.2) is 9.55 Å². The molecule has 0 radical (unpaired) electrons. The lowest BCUT2D eigenvalue weighted by molar-refractivity contribution is -0.689. The monoisotopic (exact) mass is 531 g/mol. The van der Waals surface area contributed by atoms with E-state index in [1.807, 2.05) is 6.92 Å². The zero-order chi connectivity index (χ0) is 25.8. The number of hydrogen-bond donors (Lipinski definition) is 3. The van der Waals surface area contributed by atoms with E-state index >= 15 is 0 Å². The molecule has 0 aromatic carbocycles. The first-order valence-corrected chi connectivity index (χ1v) is 13.1. The summed E-state index contributed by atoms with van der Waals surface area (Å²) in [7, 11) is 0. The number of anilines is 1. The molecule has 14 heteroatoms. The summed E-state index contributed by atoms with van der Waals surface area (Å²) in [6.45, 7) is 2.85. The van der Waals surface area contributed by atoms with E-state index in [-0.39, 0.29) is 35.5 Å². The van der Waals surface area contributed by atoms with Crippen molar-refractivity contribution in [2.75, 3.05) is 18.0 Å². The van der Waals surface area contributed by atoms with Crippen LogP contribution in [0.25, 0.3) is 0 Å². The Balaban J connectivity index is 1.41. The van der Waals surface area contributed by atoms with Crippen LogP contribution in [0, 0.1) is 0 Å². The topological polar surface area (TPSA) is 174 Å². The normalized spacial score (nSPS) is 18.9. The number of hydrogen-bond acceptors (Lipinski definition) is 10. The van der Waals surface area contributed by atoms with Crippen LogP contribution in [0.1, 0.15) is 35.9 Å². The van der Waals surface area contributed by atoms with Crippen molar-refractivity contribution in [1.29, 1.82) is 0 Å². The lowest BCUT2D eigenvalue weighted by Crippen LogP contribution is -2.71. The van der Waals surface area contributed by atoms with E-state index in [1.54, 1.807) is 29.1 Å². The molecule has 2 atom stereocenters. The van der Waals surface area contributed by atoms with E-state index in [0.29, 0.717) is 23.4 Å². The Kier molecular flexibility index (Phi) is 7.84. The van der Waals surface area contributed by atoms with Crippen LogP contribution in [0.5, 0.6) is 0 Å². The molecular weight excluding hydrogens is 506 g/mol. The Bertz CT molecular complexity index is 1210. The molecule has 1 unspecified atom stereocenters. The van der Waals surface area contributed by atoms with Gasteiger partial charge in [0, 0.05) is 41.5 Å². The maximum Gasteiger partial charge on any atom is 0.253 e. The van der Waals surface area contributed by atoms with E-state index in [4.69, 9.17) is 5.73 Å². The van der Waals surface area contributed by atoms with Gasteiger partial charge in [-0.2, -0.15) is 4.37 Å². The number of carbonyl (C=O) groups excluding carboxylic acids is 4.